The van der Waals surface area contributed by atoms with E-state index in [4.69, 9.17) is 0 Å². The van der Waals surface area contributed by atoms with Crippen LogP contribution in [0.4, 0.5) is 29.3 Å². The van der Waals surface area contributed by atoms with Gasteiger partial charge in [-0.25, -0.2) is 22.6 Å². The molecule has 0 atom stereocenters. The Hall–Kier alpha value is -3.53. The molecule has 34 heavy (non-hydrogen) atoms. The molecule has 2 aromatic carbocycles. The number of nitrogens with zero attached hydrogens (tertiary/aromatic N) is 3. The standard InChI is InChI=1S/C24H26F3N5O2/c1-24(2,3)22-10-16(32(30-22)15-5-6-18(25)19(26)9-15)11-28-23(34)29-14-4-7-21(20(27)8-14)31-12-17(33)13-31/h4-10,17,33H,11-13H2,1-3H3,(H2,28,29,34). The van der Waals surface area contributed by atoms with Gasteiger partial charge in [0.25, 0.3) is 0 Å². The molecule has 2 heterocycles. The SMILES string of the molecule is CC(C)(C)c1cc(CNC(=O)Nc2ccc(N3CC(O)C3)c(F)c2)n(-c2ccc(F)c(F)c2)n1. The van der Waals surface area contributed by atoms with Crippen LogP contribution < -0.4 is 15.5 Å². The highest BCUT2D eigenvalue weighted by Crippen LogP contribution is 2.27. The minimum atomic E-state index is -1.000. The van der Waals surface area contributed by atoms with Gasteiger partial charge in [-0.15, -0.1) is 0 Å². The number of rotatable bonds is 5. The van der Waals surface area contributed by atoms with Crippen molar-refractivity contribution in [1.29, 1.82) is 0 Å². The normalized spacial score (nSPS) is 14.1. The first-order valence-electron chi connectivity index (χ1n) is 10.8. The lowest BCUT2D eigenvalue weighted by molar-refractivity contribution is 0.141. The van der Waals surface area contributed by atoms with Crippen molar-refractivity contribution in [1.82, 2.24) is 15.1 Å². The molecule has 0 spiro atoms. The van der Waals surface area contributed by atoms with E-state index in [0.717, 1.165) is 12.1 Å². The average molecular weight is 473 g/mol. The number of hydrogen-bond acceptors (Lipinski definition) is 4. The Morgan fingerprint density at radius 1 is 1.06 bits per heavy atom. The lowest BCUT2D eigenvalue weighted by Crippen LogP contribution is -2.51. The molecule has 180 valence electrons. The summed E-state index contributed by atoms with van der Waals surface area (Å²) in [4.78, 5) is 14.2. The molecular weight excluding hydrogens is 447 g/mol. The van der Waals surface area contributed by atoms with E-state index in [1.54, 1.807) is 23.1 Å². The second-order valence-corrected chi connectivity index (χ2v) is 9.31. The van der Waals surface area contributed by atoms with Gasteiger partial charge < -0.3 is 20.6 Å². The fourth-order valence-corrected chi connectivity index (χ4v) is 3.59. The summed E-state index contributed by atoms with van der Waals surface area (Å²) in [7, 11) is 0. The van der Waals surface area contributed by atoms with Crippen LogP contribution in [0.2, 0.25) is 0 Å². The number of halogens is 3. The van der Waals surface area contributed by atoms with Crippen molar-refractivity contribution < 1.29 is 23.1 Å². The average Bonchev–Trinajstić information content (AvgIpc) is 3.17. The Kier molecular flexibility index (Phi) is 6.26. The number of aliphatic hydroxyl groups excluding tert-OH is 1. The largest absolute Gasteiger partial charge is 0.389 e. The van der Waals surface area contributed by atoms with Gasteiger partial charge in [-0.3, -0.25) is 0 Å². The minimum Gasteiger partial charge on any atom is -0.389 e. The van der Waals surface area contributed by atoms with E-state index < -0.39 is 29.6 Å². The van der Waals surface area contributed by atoms with Gasteiger partial charge in [0.1, 0.15) is 5.82 Å². The highest BCUT2D eigenvalue weighted by atomic mass is 19.2. The maximum absolute atomic E-state index is 14.4. The Bertz CT molecular complexity index is 1220. The summed E-state index contributed by atoms with van der Waals surface area (Å²) in [5.41, 5.74) is 1.91. The molecule has 4 rings (SSSR count). The van der Waals surface area contributed by atoms with Gasteiger partial charge in [0, 0.05) is 30.3 Å². The Morgan fingerprint density at radius 3 is 2.41 bits per heavy atom. The van der Waals surface area contributed by atoms with Gasteiger partial charge in [-0.2, -0.15) is 5.10 Å². The molecule has 1 aliphatic rings. The third kappa shape index (κ3) is 5.01. The fourth-order valence-electron chi connectivity index (χ4n) is 3.59. The molecule has 1 aromatic heterocycles. The molecule has 0 radical (unpaired) electrons. The van der Waals surface area contributed by atoms with E-state index in [1.807, 2.05) is 20.8 Å². The van der Waals surface area contributed by atoms with E-state index in [2.05, 4.69) is 15.7 Å². The third-order valence-corrected chi connectivity index (χ3v) is 5.54. The second kappa shape index (κ2) is 9.02. The zero-order valence-corrected chi connectivity index (χ0v) is 19.1. The highest BCUT2D eigenvalue weighted by molar-refractivity contribution is 5.89. The number of aromatic nitrogens is 2. The monoisotopic (exact) mass is 473 g/mol. The number of anilines is 2. The van der Waals surface area contributed by atoms with Crippen molar-refractivity contribution in [3.8, 4) is 5.69 Å². The molecule has 3 N–H and O–H groups in total. The maximum atomic E-state index is 14.4. The molecule has 0 saturated carbocycles. The molecule has 10 heteroatoms. The smallest absolute Gasteiger partial charge is 0.319 e. The molecule has 1 aliphatic heterocycles. The number of aliphatic hydroxyl groups is 1. The summed E-state index contributed by atoms with van der Waals surface area (Å²) in [5.74, 6) is -2.47. The van der Waals surface area contributed by atoms with Crippen LogP contribution in [-0.2, 0) is 12.0 Å². The first kappa shape index (κ1) is 23.6. The van der Waals surface area contributed by atoms with E-state index in [1.165, 1.54) is 16.8 Å². The highest BCUT2D eigenvalue weighted by Gasteiger charge is 2.26. The maximum Gasteiger partial charge on any atom is 0.319 e. The van der Waals surface area contributed by atoms with Crippen molar-refractivity contribution in [2.45, 2.75) is 38.8 Å². The van der Waals surface area contributed by atoms with Crippen LogP contribution in [0.25, 0.3) is 5.69 Å². The number of hydrogen-bond donors (Lipinski definition) is 3. The summed E-state index contributed by atoms with van der Waals surface area (Å²) in [5, 5.41) is 19.2. The van der Waals surface area contributed by atoms with Gasteiger partial charge in [0.05, 0.1) is 35.4 Å². The summed E-state index contributed by atoms with van der Waals surface area (Å²) in [6.07, 6.45) is -0.457. The first-order chi connectivity index (χ1) is 16.0. The van der Waals surface area contributed by atoms with Gasteiger partial charge in [-0.1, -0.05) is 20.8 Å². The predicted octanol–water partition coefficient (Wildman–Crippen LogP) is 4.09. The zero-order chi connectivity index (χ0) is 24.6. The van der Waals surface area contributed by atoms with Crippen molar-refractivity contribution in [2.24, 2.45) is 0 Å². The van der Waals surface area contributed by atoms with Crippen LogP contribution in [0.1, 0.15) is 32.2 Å². The van der Waals surface area contributed by atoms with Gasteiger partial charge in [0.2, 0.25) is 0 Å². The molecule has 1 fully saturated rings. The molecule has 0 unspecified atom stereocenters. The molecular formula is C24H26F3N5O2. The Morgan fingerprint density at radius 2 is 1.79 bits per heavy atom. The van der Waals surface area contributed by atoms with E-state index in [9.17, 15) is 23.1 Å². The van der Waals surface area contributed by atoms with Gasteiger partial charge in [0.15, 0.2) is 11.6 Å². The number of benzene rings is 2. The number of amides is 2. The van der Waals surface area contributed by atoms with Crippen LogP contribution in [-0.4, -0.2) is 40.1 Å². The molecule has 2 amide bonds. The van der Waals surface area contributed by atoms with Crippen molar-refractivity contribution in [2.75, 3.05) is 23.3 Å². The van der Waals surface area contributed by atoms with Crippen LogP contribution >= 0.6 is 0 Å². The van der Waals surface area contributed by atoms with E-state index >= 15 is 0 Å². The molecule has 0 bridgehead atoms. The van der Waals surface area contributed by atoms with Crippen LogP contribution in [0, 0.1) is 17.5 Å². The van der Waals surface area contributed by atoms with Crippen molar-refractivity contribution in [3.63, 3.8) is 0 Å². The van der Waals surface area contributed by atoms with Crippen LogP contribution in [0.3, 0.4) is 0 Å². The molecule has 1 saturated heterocycles. The summed E-state index contributed by atoms with van der Waals surface area (Å²) in [6.45, 7) is 6.68. The van der Waals surface area contributed by atoms with Crippen LogP contribution in [0.15, 0.2) is 42.5 Å². The topological polar surface area (TPSA) is 82.4 Å². The third-order valence-electron chi connectivity index (χ3n) is 5.54. The summed E-state index contributed by atoms with van der Waals surface area (Å²) in [6, 6.07) is 9.02. The number of carbonyl (C=O) groups excluding carboxylic acids is 1. The van der Waals surface area contributed by atoms with Crippen molar-refractivity contribution in [3.05, 3.63) is 71.3 Å². The summed E-state index contributed by atoms with van der Waals surface area (Å²) < 4.78 is 43.1. The predicted molar refractivity (Wildman–Crippen MR) is 123 cm³/mol. The van der Waals surface area contributed by atoms with E-state index in [0.29, 0.717) is 35.9 Å². The fraction of sp³-hybridized carbons (Fsp3) is 0.333. The number of urea groups is 1. The lowest BCUT2D eigenvalue weighted by Gasteiger charge is -2.38. The second-order valence-electron chi connectivity index (χ2n) is 9.31. The summed E-state index contributed by atoms with van der Waals surface area (Å²) >= 11 is 0. The molecule has 3 aromatic rings. The zero-order valence-electron chi connectivity index (χ0n) is 19.1. The van der Waals surface area contributed by atoms with Gasteiger partial charge in [-0.05, 0) is 36.4 Å². The van der Waals surface area contributed by atoms with Crippen LogP contribution in [0.5, 0.6) is 0 Å². The first-order valence-corrected chi connectivity index (χ1v) is 10.8. The number of nitrogens with one attached hydrogen (secondary N) is 2. The van der Waals surface area contributed by atoms with E-state index in [-0.39, 0.29) is 17.6 Å². The van der Waals surface area contributed by atoms with Gasteiger partial charge >= 0.3 is 6.03 Å². The number of carbonyl (C=O) groups is 1. The quantitative estimate of drug-likeness (QED) is 0.521. The van der Waals surface area contributed by atoms with Crippen molar-refractivity contribution >= 4 is 17.4 Å². The Labute approximate surface area is 195 Å². The lowest BCUT2D eigenvalue weighted by atomic mass is 9.92. The molecule has 7 nitrogen and oxygen atoms in total. The number of β-amino-alcohol motifs (C(OH)–C–C–N with tert-alkyl or cyclic N) is 1. The Balaban J connectivity index is 1.47. The molecule has 0 aliphatic carbocycles. The minimum absolute atomic E-state index is 0.0418.